The number of piperidine rings is 1. The Balaban J connectivity index is 1.31. The zero-order chi connectivity index (χ0) is 31.7. The van der Waals surface area contributed by atoms with Crippen molar-refractivity contribution in [3.05, 3.63) is 29.8 Å². The molecule has 248 valence electrons. The second-order valence-corrected chi connectivity index (χ2v) is 15.7. The van der Waals surface area contributed by atoms with Crippen LogP contribution in [0.4, 0.5) is 13.2 Å². The molecule has 1 aromatic carbocycles. The summed E-state index contributed by atoms with van der Waals surface area (Å²) in [5.41, 5.74) is -6.65. The number of thioether (sulfide) groups is 1. The van der Waals surface area contributed by atoms with Gasteiger partial charge in [-0.05, 0) is 73.2 Å². The topological polar surface area (TPSA) is 75.7 Å². The van der Waals surface area contributed by atoms with Crippen LogP contribution >= 0.6 is 11.8 Å². The molecule has 0 unspecified atom stereocenters. The van der Waals surface area contributed by atoms with E-state index in [0.29, 0.717) is 6.42 Å². The molecule has 3 spiro atoms. The van der Waals surface area contributed by atoms with Crippen LogP contribution in [-0.4, -0.2) is 99.2 Å². The van der Waals surface area contributed by atoms with Crippen molar-refractivity contribution >= 4 is 17.7 Å². The second-order valence-electron chi connectivity index (χ2n) is 14.6. The molecule has 0 N–H and O–H groups in total. The summed E-state index contributed by atoms with van der Waals surface area (Å²) in [7, 11) is 5.33. The highest BCUT2D eigenvalue weighted by atomic mass is 32.2. The summed E-state index contributed by atoms with van der Waals surface area (Å²) in [6.07, 6.45) is 2.35. The summed E-state index contributed by atoms with van der Waals surface area (Å²) in [6.45, 7) is 6.24. The number of methoxy groups -OCH3 is 3. The number of benzene rings is 1. The molecule has 2 aliphatic heterocycles. The number of fused-ring (bicyclic) bond motifs is 1. The molecule has 8 rings (SSSR count). The number of esters is 1. The predicted octanol–water partition coefficient (Wildman–Crippen LogP) is 5.14. The average molecular weight is 654 g/mol. The van der Waals surface area contributed by atoms with Crippen molar-refractivity contribution < 1.29 is 46.4 Å². The Kier molecular flexibility index (Phi) is 6.90. The van der Waals surface area contributed by atoms with Crippen molar-refractivity contribution in [3.63, 3.8) is 0 Å². The molecule has 7 fully saturated rings. The summed E-state index contributed by atoms with van der Waals surface area (Å²) >= 11 is -0.205. The Hall–Kier alpha value is -1.41. The van der Waals surface area contributed by atoms with Crippen LogP contribution in [0.2, 0.25) is 0 Å². The summed E-state index contributed by atoms with van der Waals surface area (Å²) in [5, 5.41) is 0. The summed E-state index contributed by atoms with van der Waals surface area (Å²) in [5.74, 6) is -0.279. The Morgan fingerprint density at radius 1 is 1.11 bits per heavy atom. The third-order valence-corrected chi connectivity index (χ3v) is 14.1. The van der Waals surface area contributed by atoms with Gasteiger partial charge in [-0.3, -0.25) is 4.90 Å². The van der Waals surface area contributed by atoms with Gasteiger partial charge in [-0.2, -0.15) is 13.2 Å². The molecule has 45 heavy (non-hydrogen) atoms. The van der Waals surface area contributed by atoms with Crippen LogP contribution in [0.25, 0.3) is 0 Å². The van der Waals surface area contributed by atoms with E-state index in [1.165, 1.54) is 24.3 Å². The fourth-order valence-corrected chi connectivity index (χ4v) is 13.1. The molecule has 5 aliphatic carbocycles. The number of hydrogen-bond acceptors (Lipinski definition) is 9. The number of nitrogens with zero attached hydrogens (tertiary/aromatic N) is 1. The maximum absolute atomic E-state index is 14.1. The minimum Gasteiger partial charge on any atom is -0.455 e. The number of hydrogen-bond donors (Lipinski definition) is 0. The minimum atomic E-state index is -4.42. The second kappa shape index (κ2) is 10.1. The zero-order valence-corrected chi connectivity index (χ0v) is 27.1. The van der Waals surface area contributed by atoms with Crippen LogP contribution in [0.5, 0.6) is 0 Å². The van der Waals surface area contributed by atoms with E-state index in [0.717, 1.165) is 32.4 Å². The molecule has 12 heteroatoms. The van der Waals surface area contributed by atoms with E-state index >= 15 is 0 Å². The SMILES string of the molecule is CCN1C[C@]2(C)CC[C@H](OC)[C@@]34[C@@H]5C[C@H]6[C@H](OC)[C@@H]5[C@@]5(C[C@@H]6OC)OCO[C@@]5([C@@H](OC(=O)c5ccc(SC(F)(F)F)cc5)[C@H]23)[C@@H]14. The molecule has 0 aromatic heterocycles. The normalized spacial score (nSPS) is 49.2. The van der Waals surface area contributed by atoms with Gasteiger partial charge in [0, 0.05) is 62.4 Å². The maximum Gasteiger partial charge on any atom is 0.446 e. The largest absolute Gasteiger partial charge is 0.455 e. The fourth-order valence-electron chi connectivity index (χ4n) is 12.5. The highest BCUT2D eigenvalue weighted by molar-refractivity contribution is 8.00. The lowest BCUT2D eigenvalue weighted by molar-refractivity contribution is -0.282. The number of ether oxygens (including phenoxy) is 6. The van der Waals surface area contributed by atoms with E-state index in [1.807, 2.05) is 0 Å². The maximum atomic E-state index is 14.1. The molecule has 0 radical (unpaired) electrons. The number of likely N-dealkylation sites (N-methyl/N-ethyl adjacent to an activating group) is 1. The van der Waals surface area contributed by atoms with E-state index < -0.39 is 34.2 Å². The lowest BCUT2D eigenvalue weighted by atomic mass is 9.43. The van der Waals surface area contributed by atoms with E-state index in [4.69, 9.17) is 28.4 Å². The van der Waals surface area contributed by atoms with Crippen LogP contribution in [-0.2, 0) is 28.4 Å². The first-order chi connectivity index (χ1) is 21.5. The lowest BCUT2D eigenvalue weighted by Gasteiger charge is -2.69. The van der Waals surface area contributed by atoms with Crippen LogP contribution in [0.15, 0.2) is 29.2 Å². The van der Waals surface area contributed by atoms with Crippen molar-refractivity contribution in [2.75, 3.05) is 41.2 Å². The van der Waals surface area contributed by atoms with Crippen LogP contribution in [0, 0.1) is 34.5 Å². The third-order valence-electron chi connectivity index (χ3n) is 13.4. The van der Waals surface area contributed by atoms with E-state index in [-0.39, 0.29) is 82.5 Å². The number of alkyl halides is 3. The van der Waals surface area contributed by atoms with Gasteiger partial charge in [0.15, 0.2) is 5.60 Å². The highest BCUT2D eigenvalue weighted by Gasteiger charge is 2.94. The predicted molar refractivity (Wildman–Crippen MR) is 156 cm³/mol. The summed E-state index contributed by atoms with van der Waals surface area (Å²) in [6, 6.07) is 5.35. The van der Waals surface area contributed by atoms with Gasteiger partial charge in [0.1, 0.15) is 18.5 Å². The monoisotopic (exact) mass is 653 g/mol. The van der Waals surface area contributed by atoms with Crippen molar-refractivity contribution in [3.8, 4) is 0 Å². The van der Waals surface area contributed by atoms with Crippen molar-refractivity contribution in [1.82, 2.24) is 4.90 Å². The number of carbonyl (C=O) groups excluding carboxylic acids is 1. The Bertz CT molecular complexity index is 1370. The molecule has 1 aromatic rings. The number of halogens is 3. The number of likely N-dealkylation sites (tertiary alicyclic amines) is 1. The van der Waals surface area contributed by atoms with E-state index in [2.05, 4.69) is 18.7 Å². The first kappa shape index (κ1) is 30.9. The van der Waals surface area contributed by atoms with Crippen LogP contribution < -0.4 is 0 Å². The summed E-state index contributed by atoms with van der Waals surface area (Å²) < 4.78 is 78.7. The molecule has 7 aliphatic rings. The van der Waals surface area contributed by atoms with Crippen LogP contribution in [0.3, 0.4) is 0 Å². The van der Waals surface area contributed by atoms with Gasteiger partial charge in [0.05, 0.1) is 29.9 Å². The molecular weight excluding hydrogens is 611 g/mol. The molecule has 8 nitrogen and oxygen atoms in total. The molecule has 0 amide bonds. The zero-order valence-electron chi connectivity index (χ0n) is 26.3. The number of rotatable bonds is 7. The van der Waals surface area contributed by atoms with Gasteiger partial charge in [-0.15, -0.1) is 0 Å². The highest BCUT2D eigenvalue weighted by Crippen LogP contribution is 2.82. The first-order valence-corrected chi connectivity index (χ1v) is 16.9. The first-order valence-electron chi connectivity index (χ1n) is 16.1. The molecule has 5 saturated carbocycles. The fraction of sp³-hybridized carbons (Fsp3) is 0.788. The summed E-state index contributed by atoms with van der Waals surface area (Å²) in [4.78, 5) is 16.7. The van der Waals surface area contributed by atoms with Gasteiger partial charge in [-0.25, -0.2) is 4.79 Å². The van der Waals surface area contributed by atoms with Crippen LogP contribution in [0.1, 0.15) is 49.9 Å². The molecule has 7 bridgehead atoms. The van der Waals surface area contributed by atoms with Crippen molar-refractivity contribution in [2.24, 2.45) is 34.5 Å². The minimum absolute atomic E-state index is 0.000616. The molecular formula is C33H42F3NO7S. The van der Waals surface area contributed by atoms with Crippen molar-refractivity contribution in [1.29, 1.82) is 0 Å². The van der Waals surface area contributed by atoms with Crippen molar-refractivity contribution in [2.45, 2.75) is 91.6 Å². The van der Waals surface area contributed by atoms with Gasteiger partial charge in [-0.1, -0.05) is 13.8 Å². The smallest absolute Gasteiger partial charge is 0.446 e. The van der Waals surface area contributed by atoms with E-state index in [1.54, 1.807) is 21.3 Å². The molecule has 13 atom stereocenters. The molecule has 2 saturated heterocycles. The van der Waals surface area contributed by atoms with E-state index in [9.17, 15) is 18.0 Å². The Labute approximate surface area is 265 Å². The quantitative estimate of drug-likeness (QED) is 0.294. The van der Waals surface area contributed by atoms with Gasteiger partial charge < -0.3 is 28.4 Å². The molecule has 2 heterocycles. The number of carbonyl (C=O) groups is 1. The lowest BCUT2D eigenvalue weighted by Crippen LogP contribution is -2.81. The average Bonchev–Trinajstić information content (AvgIpc) is 3.59. The van der Waals surface area contributed by atoms with Gasteiger partial charge in [0.25, 0.3) is 0 Å². The van der Waals surface area contributed by atoms with Gasteiger partial charge >= 0.3 is 11.5 Å². The Morgan fingerprint density at radius 3 is 2.51 bits per heavy atom. The third kappa shape index (κ3) is 3.65. The Morgan fingerprint density at radius 2 is 1.87 bits per heavy atom. The van der Waals surface area contributed by atoms with Gasteiger partial charge in [0.2, 0.25) is 0 Å². The standard InChI is InChI=1S/C33H42F3NO7S/c1-6-37-15-29(2)12-11-22(40-4)31-20-13-19-21(39-3)14-30(23(20)24(19)41-5)32(28(31)37,43-16-42-30)26(25(29)31)44-27(38)17-7-9-18(10-8-17)45-33(34,35)36/h7-10,19-26,28H,6,11-16H2,1-5H3/t19-,20-,21+,22+,23-,24+,25-,26+,28+,29+,30-,31+,32+/m1/s1.